The molecule has 5 unspecified atom stereocenters. The summed E-state index contributed by atoms with van der Waals surface area (Å²) in [5, 5.41) is 4.15. The molecule has 1 aromatic heterocycles. The minimum absolute atomic E-state index is 0.00191. The second kappa shape index (κ2) is 12.3. The molecule has 4 saturated carbocycles. The van der Waals surface area contributed by atoms with Crippen molar-refractivity contribution in [3.05, 3.63) is 46.9 Å². The van der Waals surface area contributed by atoms with Gasteiger partial charge in [0.2, 0.25) is 5.91 Å². The van der Waals surface area contributed by atoms with Crippen LogP contribution in [0.5, 0.6) is 0 Å². The molecule has 5 aliphatic rings. The van der Waals surface area contributed by atoms with Crippen LogP contribution in [-0.2, 0) is 14.3 Å². The van der Waals surface area contributed by atoms with Gasteiger partial charge >= 0.3 is 5.97 Å². The number of hydrogen-bond donors (Lipinski definition) is 1. The third-order valence-electron chi connectivity index (χ3n) is 15.8. The lowest BCUT2D eigenvalue weighted by atomic mass is 9.33. The molecule has 0 radical (unpaired) electrons. The third kappa shape index (κ3) is 5.38. The summed E-state index contributed by atoms with van der Waals surface area (Å²) in [5.74, 6) is 1.49. The van der Waals surface area contributed by atoms with E-state index in [9.17, 15) is 9.59 Å². The molecule has 6 heteroatoms. The highest BCUT2D eigenvalue weighted by Crippen LogP contribution is 2.76. The van der Waals surface area contributed by atoms with Gasteiger partial charge in [0.05, 0.1) is 11.1 Å². The molecule has 0 spiro atoms. The number of anilines is 1. The van der Waals surface area contributed by atoms with E-state index in [0.717, 1.165) is 79.1 Å². The van der Waals surface area contributed by atoms with Crippen molar-refractivity contribution in [1.82, 2.24) is 4.98 Å². The fourth-order valence-electron chi connectivity index (χ4n) is 12.8. The van der Waals surface area contributed by atoms with E-state index in [4.69, 9.17) is 9.72 Å². The SMILES string of the molecule is CCCC(=O)OC1CC[C@@]2(C)C(CC[C@]3(C)C2CC=C2C4CC(C)(C)CCC4(C(=O)Nc4nc(-c5ccccc5)c(C)s4)CC[C@]23C)C1(C)C. The van der Waals surface area contributed by atoms with E-state index in [1.807, 2.05) is 18.2 Å². The maximum absolute atomic E-state index is 14.8. The Balaban J connectivity index is 1.20. The number of nitrogens with one attached hydrogen (secondary N) is 1. The number of allylic oxidation sites excluding steroid dienone is 2. The van der Waals surface area contributed by atoms with Gasteiger partial charge in [-0.25, -0.2) is 4.98 Å². The topological polar surface area (TPSA) is 68.3 Å². The summed E-state index contributed by atoms with van der Waals surface area (Å²) in [5.41, 5.74) is 3.80. The Morgan fingerprint density at radius 2 is 1.64 bits per heavy atom. The normalized spacial score (nSPS) is 38.4. The van der Waals surface area contributed by atoms with Crippen LogP contribution in [0.1, 0.15) is 137 Å². The smallest absolute Gasteiger partial charge is 0.306 e. The van der Waals surface area contributed by atoms with Crippen molar-refractivity contribution in [2.24, 2.45) is 50.2 Å². The lowest BCUT2D eigenvalue weighted by Gasteiger charge is -2.71. The van der Waals surface area contributed by atoms with E-state index >= 15 is 0 Å². The van der Waals surface area contributed by atoms with Gasteiger partial charge in [-0.3, -0.25) is 9.59 Å². The monoisotopic (exact) mass is 698 g/mol. The van der Waals surface area contributed by atoms with Crippen LogP contribution in [0.2, 0.25) is 0 Å². The molecule has 1 heterocycles. The molecule has 2 aromatic rings. The Morgan fingerprint density at radius 3 is 2.36 bits per heavy atom. The summed E-state index contributed by atoms with van der Waals surface area (Å²) in [6, 6.07) is 10.3. The van der Waals surface area contributed by atoms with E-state index in [2.05, 4.69) is 85.8 Å². The first-order valence-corrected chi connectivity index (χ1v) is 20.6. The van der Waals surface area contributed by atoms with Gasteiger partial charge in [-0.05, 0) is 117 Å². The summed E-state index contributed by atoms with van der Waals surface area (Å²) in [7, 11) is 0. The number of hydrogen-bond acceptors (Lipinski definition) is 5. The first kappa shape index (κ1) is 35.9. The third-order valence-corrected chi connectivity index (χ3v) is 16.7. The average Bonchev–Trinajstić information content (AvgIpc) is 3.42. The molecule has 5 nitrogen and oxygen atoms in total. The summed E-state index contributed by atoms with van der Waals surface area (Å²) in [4.78, 5) is 33.6. The lowest BCUT2D eigenvalue weighted by molar-refractivity contribution is -0.212. The molecule has 50 heavy (non-hydrogen) atoms. The summed E-state index contributed by atoms with van der Waals surface area (Å²) < 4.78 is 6.20. The number of fused-ring (bicyclic) bond motifs is 7. The molecule has 1 N–H and O–H groups in total. The van der Waals surface area contributed by atoms with E-state index < -0.39 is 5.41 Å². The number of rotatable bonds is 6. The van der Waals surface area contributed by atoms with Crippen molar-refractivity contribution in [3.8, 4) is 11.3 Å². The molecule has 8 atom stereocenters. The Morgan fingerprint density at radius 1 is 0.920 bits per heavy atom. The molecule has 1 amide bonds. The van der Waals surface area contributed by atoms with Gasteiger partial charge in [0.1, 0.15) is 6.10 Å². The molecule has 5 aliphatic carbocycles. The molecule has 0 bridgehead atoms. The summed E-state index contributed by atoms with van der Waals surface area (Å²) in [6.45, 7) is 21.6. The van der Waals surface area contributed by atoms with Crippen LogP contribution in [-0.4, -0.2) is 23.0 Å². The molecule has 4 fully saturated rings. The van der Waals surface area contributed by atoms with Crippen LogP contribution in [0.4, 0.5) is 5.13 Å². The highest BCUT2D eigenvalue weighted by Gasteiger charge is 2.69. The van der Waals surface area contributed by atoms with Crippen molar-refractivity contribution in [3.63, 3.8) is 0 Å². The van der Waals surface area contributed by atoms with Gasteiger partial charge in [-0.1, -0.05) is 97.4 Å². The van der Waals surface area contributed by atoms with Crippen LogP contribution >= 0.6 is 11.3 Å². The molecule has 272 valence electrons. The maximum Gasteiger partial charge on any atom is 0.306 e. The number of benzene rings is 1. The van der Waals surface area contributed by atoms with Gasteiger partial charge in [0, 0.05) is 22.3 Å². The summed E-state index contributed by atoms with van der Waals surface area (Å²) in [6.07, 6.45) is 14.6. The predicted molar refractivity (Wildman–Crippen MR) is 205 cm³/mol. The highest BCUT2D eigenvalue weighted by molar-refractivity contribution is 7.16. The second-order valence-electron chi connectivity index (χ2n) is 19.2. The number of amides is 1. The first-order chi connectivity index (χ1) is 23.5. The van der Waals surface area contributed by atoms with Crippen molar-refractivity contribution in [2.75, 3.05) is 5.32 Å². The maximum atomic E-state index is 14.8. The largest absolute Gasteiger partial charge is 0.462 e. The Bertz CT molecular complexity index is 1670. The molecule has 7 rings (SSSR count). The predicted octanol–water partition coefficient (Wildman–Crippen LogP) is 11.6. The number of carbonyl (C=O) groups is 2. The number of aryl methyl sites for hydroxylation is 1. The molecule has 0 saturated heterocycles. The van der Waals surface area contributed by atoms with Crippen LogP contribution < -0.4 is 5.32 Å². The standard InChI is InChI=1S/C44H62N2O3S/c1-10-14-35(47)49-34-20-21-41(7)32(40(34,5)6)19-22-43(9)33(41)18-17-30-31-27-39(3,4)23-25-44(31,26-24-42(30,43)8)37(48)46-38-45-36(28(2)50-38)29-15-12-11-13-16-29/h11-13,15-17,31-34H,10,14,18-27H2,1-9H3,(H,45,46,48)/t31?,32?,33?,34?,41-,42+,43+,44?/m0/s1. The molecule has 1 aromatic carbocycles. The van der Waals surface area contributed by atoms with E-state index in [1.165, 1.54) is 12.8 Å². The lowest BCUT2D eigenvalue weighted by Crippen LogP contribution is -2.65. The van der Waals surface area contributed by atoms with E-state index in [-0.39, 0.29) is 51.0 Å². The van der Waals surface area contributed by atoms with Gasteiger partial charge in [-0.2, -0.15) is 0 Å². The Labute approximate surface area is 305 Å². The van der Waals surface area contributed by atoms with Gasteiger partial charge in [-0.15, -0.1) is 11.3 Å². The number of ether oxygens (including phenoxy) is 1. The van der Waals surface area contributed by atoms with Gasteiger partial charge < -0.3 is 10.1 Å². The van der Waals surface area contributed by atoms with Crippen molar-refractivity contribution >= 4 is 28.3 Å². The number of nitrogens with zero attached hydrogens (tertiary/aromatic N) is 1. The first-order valence-electron chi connectivity index (χ1n) is 19.8. The number of esters is 1. The van der Waals surface area contributed by atoms with Gasteiger partial charge in [0.15, 0.2) is 5.13 Å². The zero-order valence-corrected chi connectivity index (χ0v) is 33.2. The van der Waals surface area contributed by atoms with Crippen molar-refractivity contribution in [1.29, 1.82) is 0 Å². The molecular formula is C44H62N2O3S. The fourth-order valence-corrected chi connectivity index (χ4v) is 13.6. The fraction of sp³-hybridized carbons (Fsp3) is 0.705. The van der Waals surface area contributed by atoms with Crippen molar-refractivity contribution < 1.29 is 14.3 Å². The zero-order chi connectivity index (χ0) is 35.9. The van der Waals surface area contributed by atoms with E-state index in [0.29, 0.717) is 18.3 Å². The van der Waals surface area contributed by atoms with Crippen LogP contribution in [0.25, 0.3) is 11.3 Å². The minimum atomic E-state index is -0.403. The number of carbonyl (C=O) groups excluding carboxylic acids is 2. The van der Waals surface area contributed by atoms with Crippen LogP contribution in [0, 0.1) is 57.2 Å². The van der Waals surface area contributed by atoms with E-state index in [1.54, 1.807) is 16.9 Å². The minimum Gasteiger partial charge on any atom is -0.462 e. The van der Waals surface area contributed by atoms with Crippen LogP contribution in [0.3, 0.4) is 0 Å². The highest BCUT2D eigenvalue weighted by atomic mass is 32.1. The molecular weight excluding hydrogens is 637 g/mol. The van der Waals surface area contributed by atoms with Crippen molar-refractivity contribution in [2.45, 2.75) is 145 Å². The molecule has 0 aliphatic heterocycles. The quantitative estimate of drug-likeness (QED) is 0.241. The summed E-state index contributed by atoms with van der Waals surface area (Å²) >= 11 is 1.60. The Hall–Kier alpha value is -2.47. The Kier molecular flexibility index (Phi) is 8.84. The average molecular weight is 699 g/mol. The van der Waals surface area contributed by atoms with Gasteiger partial charge in [0.25, 0.3) is 0 Å². The zero-order valence-electron chi connectivity index (χ0n) is 32.3. The number of aromatic nitrogens is 1. The second-order valence-corrected chi connectivity index (χ2v) is 20.4. The van der Waals surface area contributed by atoms with Crippen LogP contribution in [0.15, 0.2) is 42.0 Å². The number of thiazole rings is 1.